The van der Waals surface area contributed by atoms with Crippen LogP contribution in [0.2, 0.25) is 0 Å². The summed E-state index contributed by atoms with van der Waals surface area (Å²) in [5, 5.41) is 8.94. The molecule has 15 heavy (non-hydrogen) atoms. The van der Waals surface area contributed by atoms with E-state index in [0.29, 0.717) is 5.56 Å². The van der Waals surface area contributed by atoms with Crippen LogP contribution in [0.3, 0.4) is 0 Å². The quantitative estimate of drug-likeness (QED) is 0.836. The maximum atomic E-state index is 10.9. The summed E-state index contributed by atoms with van der Waals surface area (Å²) in [6.45, 7) is -4.57. The van der Waals surface area contributed by atoms with Gasteiger partial charge in [0, 0.05) is 11.0 Å². The van der Waals surface area contributed by atoms with Crippen LogP contribution in [0.15, 0.2) is 24.3 Å². The number of benzene rings is 1. The summed E-state index contributed by atoms with van der Waals surface area (Å²) >= 11 is 0. The molecule has 0 fully saturated rings. The summed E-state index contributed by atoms with van der Waals surface area (Å²) < 4.78 is 60.3. The van der Waals surface area contributed by atoms with Gasteiger partial charge in [0.2, 0.25) is 0 Å². The second-order valence-electron chi connectivity index (χ2n) is 3.26. The molecule has 2 nitrogen and oxygen atoms in total. The van der Waals surface area contributed by atoms with Crippen molar-refractivity contribution in [3.05, 3.63) is 35.4 Å². The fourth-order valence-electron chi connectivity index (χ4n) is 1.18. The van der Waals surface area contributed by atoms with Gasteiger partial charge in [0.1, 0.15) is 0 Å². The van der Waals surface area contributed by atoms with E-state index < -0.39 is 37.9 Å². The molecule has 0 heterocycles. The normalized spacial score (nSPS) is 23.3. The molecule has 1 N–H and O–H groups in total. The van der Waals surface area contributed by atoms with Crippen LogP contribution < -0.4 is 0 Å². The average Bonchev–Trinajstić information content (AvgIpc) is 2.33. The van der Waals surface area contributed by atoms with E-state index in [9.17, 15) is 4.79 Å². The van der Waals surface area contributed by atoms with Crippen molar-refractivity contribution in [1.29, 1.82) is 0 Å². The monoisotopic (exact) mass is 214 g/mol. The number of hydrogen-bond acceptors (Lipinski definition) is 1. The molecule has 0 aliphatic carbocycles. The zero-order valence-electron chi connectivity index (χ0n) is 16.3. The van der Waals surface area contributed by atoms with Gasteiger partial charge in [-0.3, -0.25) is 4.79 Å². The van der Waals surface area contributed by atoms with E-state index in [1.165, 1.54) is 31.2 Å². The lowest BCUT2D eigenvalue weighted by molar-refractivity contribution is -0.138. The first-order chi connectivity index (χ1) is 10.2. The van der Waals surface area contributed by atoms with E-state index in [1.807, 2.05) is 0 Å². The summed E-state index contributed by atoms with van der Waals surface area (Å²) in [5.74, 6) is -4.05. The van der Waals surface area contributed by atoms with E-state index in [2.05, 4.69) is 0 Å². The maximum Gasteiger partial charge on any atom is 0.310 e. The molecular weight excluding hydrogens is 188 g/mol. The molecule has 0 aliphatic heterocycles. The van der Waals surface area contributed by atoms with Gasteiger partial charge in [-0.05, 0) is 30.3 Å². The molecule has 0 aromatic heterocycles. The van der Waals surface area contributed by atoms with Crippen LogP contribution in [-0.4, -0.2) is 11.1 Å². The lowest BCUT2D eigenvalue weighted by Gasteiger charge is -2.09. The molecule has 0 bridgehead atoms. The number of aliphatic carboxylic acids is 1. The van der Waals surface area contributed by atoms with E-state index in [0.717, 1.165) is 0 Å². The van der Waals surface area contributed by atoms with Crippen LogP contribution in [0.5, 0.6) is 0 Å². The summed E-state index contributed by atoms with van der Waals surface area (Å²) in [6, 6.07) is 5.20. The van der Waals surface area contributed by atoms with Crippen molar-refractivity contribution >= 4 is 5.97 Å². The fraction of sp³-hybridized carbons (Fsp3) is 0.462. The third-order valence-corrected chi connectivity index (χ3v) is 2.09. The molecule has 1 atom stereocenters. The minimum absolute atomic E-state index is 0.115. The highest BCUT2D eigenvalue weighted by Gasteiger charge is 2.12. The minimum atomic E-state index is -3.01. The van der Waals surface area contributed by atoms with Crippen LogP contribution in [0, 0.1) is 5.92 Å². The van der Waals surface area contributed by atoms with Crippen molar-refractivity contribution < 1.29 is 20.9 Å². The fourth-order valence-corrected chi connectivity index (χ4v) is 1.18. The van der Waals surface area contributed by atoms with Gasteiger partial charge in [-0.25, -0.2) is 0 Å². The van der Waals surface area contributed by atoms with Crippen molar-refractivity contribution in [2.45, 2.75) is 32.9 Å². The third kappa shape index (κ3) is 3.39. The van der Waals surface area contributed by atoms with Gasteiger partial charge < -0.3 is 5.11 Å². The van der Waals surface area contributed by atoms with Crippen molar-refractivity contribution in [3.8, 4) is 0 Å². The molecule has 0 saturated carbocycles. The van der Waals surface area contributed by atoms with E-state index in [-0.39, 0.29) is 5.56 Å². The van der Waals surface area contributed by atoms with Crippen LogP contribution in [0.4, 0.5) is 0 Å². The Kier molecular flexibility index (Phi) is 1.55. The Hall–Kier alpha value is -1.31. The molecule has 1 unspecified atom stereocenters. The number of carboxylic acid groups (broad SMARTS) is 1. The molecule has 82 valence electrons. The van der Waals surface area contributed by atoms with Crippen LogP contribution in [0.25, 0.3) is 0 Å². The molecule has 0 amide bonds. The van der Waals surface area contributed by atoms with Crippen molar-refractivity contribution in [2.75, 3.05) is 0 Å². The Morgan fingerprint density at radius 2 is 2.07 bits per heavy atom. The van der Waals surface area contributed by atoms with Crippen molar-refractivity contribution in [2.24, 2.45) is 5.92 Å². The van der Waals surface area contributed by atoms with Crippen LogP contribution in [0.1, 0.15) is 48.6 Å². The molecule has 0 aliphatic rings. The first-order valence-electron chi connectivity index (χ1n) is 8.52. The highest BCUT2D eigenvalue weighted by atomic mass is 16.4. The van der Waals surface area contributed by atoms with Gasteiger partial charge in [-0.2, -0.15) is 0 Å². The van der Waals surface area contributed by atoms with Gasteiger partial charge in [-0.15, -0.1) is 0 Å². The molecule has 0 saturated heterocycles. The molecule has 1 aromatic rings. The molecule has 1 rings (SSSR count). The highest BCUT2D eigenvalue weighted by Crippen LogP contribution is 2.17. The van der Waals surface area contributed by atoms with E-state index in [1.54, 1.807) is 0 Å². The number of carbonyl (C=O) groups is 1. The molecule has 0 spiro atoms. The predicted molar refractivity (Wildman–Crippen MR) is 61.0 cm³/mol. The summed E-state index contributed by atoms with van der Waals surface area (Å²) in [4.78, 5) is 10.9. The smallest absolute Gasteiger partial charge is 0.310 e. The predicted octanol–water partition coefficient (Wildman–Crippen LogP) is 3.07. The molecular formula is C13H18O2. The Morgan fingerprint density at radius 3 is 2.53 bits per heavy atom. The first kappa shape index (κ1) is 4.69. The Bertz CT molecular complexity index is 545. The minimum Gasteiger partial charge on any atom is -0.481 e. The molecule has 0 radical (unpaired) electrons. The standard InChI is InChI=1S/C13H18O2/c1-9(2)8-11-4-6-12(7-5-11)10(3)13(14)15/h4-7,9-10H,8H2,1-3H3,(H,14,15)/i1D3,2D3,8D2. The van der Waals surface area contributed by atoms with Gasteiger partial charge in [0.05, 0.1) is 5.92 Å². The Labute approximate surface area is 102 Å². The van der Waals surface area contributed by atoms with Crippen molar-refractivity contribution in [1.82, 2.24) is 0 Å². The second-order valence-corrected chi connectivity index (χ2v) is 3.26. The third-order valence-electron chi connectivity index (χ3n) is 2.09. The van der Waals surface area contributed by atoms with Gasteiger partial charge in [-0.1, -0.05) is 38.0 Å². The first-order valence-corrected chi connectivity index (χ1v) is 4.52. The summed E-state index contributed by atoms with van der Waals surface area (Å²) in [5.41, 5.74) is 0.299. The molecule has 2 heteroatoms. The lowest BCUT2D eigenvalue weighted by Crippen LogP contribution is -2.07. The average molecular weight is 214 g/mol. The molecule has 1 aromatic carbocycles. The summed E-state index contributed by atoms with van der Waals surface area (Å²) in [7, 11) is 0. The van der Waals surface area contributed by atoms with Crippen LogP contribution >= 0.6 is 0 Å². The zero-order valence-corrected chi connectivity index (χ0v) is 8.32. The van der Waals surface area contributed by atoms with Crippen LogP contribution in [-0.2, 0) is 11.2 Å². The number of carboxylic acids is 1. The highest BCUT2D eigenvalue weighted by molar-refractivity contribution is 5.75. The van der Waals surface area contributed by atoms with E-state index in [4.69, 9.17) is 16.1 Å². The van der Waals surface area contributed by atoms with Crippen molar-refractivity contribution in [3.63, 3.8) is 0 Å². The van der Waals surface area contributed by atoms with Gasteiger partial charge in [0.25, 0.3) is 0 Å². The largest absolute Gasteiger partial charge is 0.481 e. The van der Waals surface area contributed by atoms with Gasteiger partial charge in [0.15, 0.2) is 0 Å². The second kappa shape index (κ2) is 4.96. The topological polar surface area (TPSA) is 37.3 Å². The van der Waals surface area contributed by atoms with E-state index >= 15 is 0 Å². The van der Waals surface area contributed by atoms with Gasteiger partial charge >= 0.3 is 5.97 Å². The number of hydrogen-bond donors (Lipinski definition) is 1. The lowest BCUT2D eigenvalue weighted by atomic mass is 9.97. The maximum absolute atomic E-state index is 10.9. The Balaban J connectivity index is 3.28. The zero-order chi connectivity index (χ0) is 18.2. The summed E-state index contributed by atoms with van der Waals surface area (Å²) in [6.07, 6.45) is -2.62. The Morgan fingerprint density at radius 1 is 1.47 bits per heavy atom. The SMILES string of the molecule is [2H]C([2H])([2H])C(C([2H])([2H])[2H])C([2H])([2H])c1ccc(C(C)C(=O)O)cc1. The number of rotatable bonds is 4.